The summed E-state index contributed by atoms with van der Waals surface area (Å²) < 4.78 is 0. The van der Waals surface area contributed by atoms with Gasteiger partial charge in [-0.3, -0.25) is 0 Å². The minimum Gasteiger partial charge on any atom is -0.330 e. The van der Waals surface area contributed by atoms with Gasteiger partial charge in [-0.15, -0.1) is 0 Å². The third-order valence-corrected chi connectivity index (χ3v) is 4.28. The van der Waals surface area contributed by atoms with E-state index in [1.807, 2.05) is 0 Å². The van der Waals surface area contributed by atoms with E-state index in [-0.39, 0.29) is 0 Å². The Bertz CT molecular complexity index is 166. The molecule has 2 saturated carbocycles. The summed E-state index contributed by atoms with van der Waals surface area (Å²) in [5.74, 6) is 2.01. The van der Waals surface area contributed by atoms with Crippen LogP contribution < -0.4 is 5.73 Å². The lowest BCUT2D eigenvalue weighted by Crippen LogP contribution is -2.29. The molecule has 0 aromatic rings. The molecule has 0 spiro atoms. The van der Waals surface area contributed by atoms with Crippen molar-refractivity contribution in [2.24, 2.45) is 23.0 Å². The molecule has 1 nitrogen and oxygen atoms in total. The van der Waals surface area contributed by atoms with E-state index in [4.69, 9.17) is 5.73 Å². The van der Waals surface area contributed by atoms with E-state index >= 15 is 0 Å². The molecule has 0 amide bonds. The average molecular weight is 181 g/mol. The zero-order chi connectivity index (χ0) is 9.31. The van der Waals surface area contributed by atoms with E-state index in [2.05, 4.69) is 6.92 Å². The second-order valence-corrected chi connectivity index (χ2v) is 5.43. The van der Waals surface area contributed by atoms with Gasteiger partial charge in [0.25, 0.3) is 0 Å². The molecular weight excluding hydrogens is 158 g/mol. The van der Waals surface area contributed by atoms with Crippen molar-refractivity contribution in [3.8, 4) is 0 Å². The van der Waals surface area contributed by atoms with Crippen LogP contribution in [0.2, 0.25) is 0 Å². The van der Waals surface area contributed by atoms with E-state index in [0.717, 1.165) is 18.4 Å². The minimum absolute atomic E-state index is 0.558. The van der Waals surface area contributed by atoms with Crippen LogP contribution in [0, 0.1) is 17.3 Å². The quantitative estimate of drug-likeness (QED) is 0.709. The number of nitrogens with two attached hydrogens (primary N) is 1. The Balaban J connectivity index is 1.88. The maximum absolute atomic E-state index is 5.94. The lowest BCUT2D eigenvalue weighted by molar-refractivity contribution is 0.223. The number of rotatable bonds is 4. The minimum atomic E-state index is 0.558. The number of hydrogen-bond acceptors (Lipinski definition) is 1. The summed E-state index contributed by atoms with van der Waals surface area (Å²) in [5, 5.41) is 0. The Morgan fingerprint density at radius 2 is 1.92 bits per heavy atom. The molecule has 0 heterocycles. The van der Waals surface area contributed by atoms with Crippen LogP contribution in [0.3, 0.4) is 0 Å². The summed E-state index contributed by atoms with van der Waals surface area (Å²) in [6.45, 7) is 3.37. The Morgan fingerprint density at radius 3 is 2.38 bits per heavy atom. The highest BCUT2D eigenvalue weighted by Gasteiger charge is 2.38. The van der Waals surface area contributed by atoms with E-state index in [1.54, 1.807) is 0 Å². The van der Waals surface area contributed by atoms with Gasteiger partial charge in [-0.25, -0.2) is 0 Å². The Labute approximate surface area is 82.1 Å². The lowest BCUT2D eigenvalue weighted by atomic mass is 9.77. The number of hydrogen-bond donors (Lipinski definition) is 1. The fourth-order valence-electron chi connectivity index (χ4n) is 3.13. The molecule has 2 aliphatic rings. The molecule has 0 aromatic carbocycles. The highest BCUT2D eigenvalue weighted by molar-refractivity contribution is 4.90. The molecule has 0 bridgehead atoms. The van der Waals surface area contributed by atoms with E-state index in [9.17, 15) is 0 Å². The van der Waals surface area contributed by atoms with Crippen LogP contribution in [-0.4, -0.2) is 6.54 Å². The summed E-state index contributed by atoms with van der Waals surface area (Å²) in [5.41, 5.74) is 6.50. The summed E-state index contributed by atoms with van der Waals surface area (Å²) in [7, 11) is 0. The first-order valence-corrected chi connectivity index (χ1v) is 5.96. The monoisotopic (exact) mass is 181 g/mol. The van der Waals surface area contributed by atoms with Crippen LogP contribution in [0.25, 0.3) is 0 Å². The van der Waals surface area contributed by atoms with E-state index < -0.39 is 0 Å². The van der Waals surface area contributed by atoms with Crippen LogP contribution in [-0.2, 0) is 0 Å². The molecule has 0 saturated heterocycles. The predicted molar refractivity (Wildman–Crippen MR) is 56.5 cm³/mol. The summed E-state index contributed by atoms with van der Waals surface area (Å²) in [4.78, 5) is 0. The second-order valence-electron chi connectivity index (χ2n) is 5.43. The fourth-order valence-corrected chi connectivity index (χ4v) is 3.13. The van der Waals surface area contributed by atoms with Crippen LogP contribution in [0.1, 0.15) is 51.9 Å². The maximum Gasteiger partial charge on any atom is -0.00204 e. The molecule has 2 aliphatic carbocycles. The molecule has 2 N–H and O–H groups in total. The lowest BCUT2D eigenvalue weighted by Gasteiger charge is -2.30. The molecule has 1 atom stereocenters. The summed E-state index contributed by atoms with van der Waals surface area (Å²) in [6.07, 6.45) is 10.0. The molecule has 76 valence electrons. The third kappa shape index (κ3) is 2.07. The van der Waals surface area contributed by atoms with Crippen molar-refractivity contribution in [1.82, 2.24) is 0 Å². The van der Waals surface area contributed by atoms with Gasteiger partial charge in [-0.1, -0.05) is 19.8 Å². The van der Waals surface area contributed by atoms with Crippen LogP contribution in [0.15, 0.2) is 0 Å². The molecule has 2 fully saturated rings. The van der Waals surface area contributed by atoms with Crippen molar-refractivity contribution in [2.45, 2.75) is 51.9 Å². The van der Waals surface area contributed by atoms with Gasteiger partial charge >= 0.3 is 0 Å². The highest BCUT2D eigenvalue weighted by atomic mass is 14.6. The van der Waals surface area contributed by atoms with E-state index in [1.165, 1.54) is 44.9 Å². The van der Waals surface area contributed by atoms with Gasteiger partial charge < -0.3 is 5.73 Å². The Kier molecular flexibility index (Phi) is 2.64. The average Bonchev–Trinajstić information content (AvgIpc) is 2.89. The van der Waals surface area contributed by atoms with Gasteiger partial charge in [0.15, 0.2) is 0 Å². The molecule has 1 unspecified atom stereocenters. The van der Waals surface area contributed by atoms with Crippen molar-refractivity contribution in [2.75, 3.05) is 6.54 Å². The topological polar surface area (TPSA) is 26.0 Å². The van der Waals surface area contributed by atoms with Crippen LogP contribution in [0.4, 0.5) is 0 Å². The van der Waals surface area contributed by atoms with Crippen molar-refractivity contribution in [3.63, 3.8) is 0 Å². The van der Waals surface area contributed by atoms with Gasteiger partial charge in [0.2, 0.25) is 0 Å². The SMILES string of the molecule is CC(CC1(CN)CCCC1)C1CC1. The third-order valence-electron chi connectivity index (χ3n) is 4.28. The van der Waals surface area contributed by atoms with Crippen molar-refractivity contribution < 1.29 is 0 Å². The van der Waals surface area contributed by atoms with Crippen molar-refractivity contribution in [1.29, 1.82) is 0 Å². The second kappa shape index (κ2) is 3.61. The Hall–Kier alpha value is -0.0400. The smallest absolute Gasteiger partial charge is 0.00204 e. The highest BCUT2D eigenvalue weighted by Crippen LogP contribution is 2.47. The molecule has 0 aliphatic heterocycles. The standard InChI is InChI=1S/C12H23N/c1-10(11-4-5-11)8-12(9-13)6-2-3-7-12/h10-11H,2-9,13H2,1H3. The molecule has 1 heteroatoms. The van der Waals surface area contributed by atoms with E-state index in [0.29, 0.717) is 5.41 Å². The van der Waals surface area contributed by atoms with Gasteiger partial charge in [-0.05, 0) is 55.9 Å². The van der Waals surface area contributed by atoms with Crippen molar-refractivity contribution >= 4 is 0 Å². The molecule has 13 heavy (non-hydrogen) atoms. The first-order valence-electron chi connectivity index (χ1n) is 5.96. The van der Waals surface area contributed by atoms with Crippen LogP contribution in [0.5, 0.6) is 0 Å². The van der Waals surface area contributed by atoms with Gasteiger partial charge in [-0.2, -0.15) is 0 Å². The normalized spacial score (nSPS) is 29.1. The molecule has 2 rings (SSSR count). The summed E-state index contributed by atoms with van der Waals surface area (Å²) in [6, 6.07) is 0. The first-order chi connectivity index (χ1) is 6.26. The zero-order valence-electron chi connectivity index (χ0n) is 8.89. The Morgan fingerprint density at radius 1 is 1.31 bits per heavy atom. The van der Waals surface area contributed by atoms with Gasteiger partial charge in [0.1, 0.15) is 0 Å². The first kappa shape index (κ1) is 9.51. The fraction of sp³-hybridized carbons (Fsp3) is 1.00. The zero-order valence-corrected chi connectivity index (χ0v) is 8.89. The molecular formula is C12H23N. The maximum atomic E-state index is 5.94. The van der Waals surface area contributed by atoms with Crippen molar-refractivity contribution in [3.05, 3.63) is 0 Å². The van der Waals surface area contributed by atoms with Crippen LogP contribution >= 0.6 is 0 Å². The summed E-state index contributed by atoms with van der Waals surface area (Å²) >= 11 is 0. The molecule has 0 radical (unpaired) electrons. The largest absolute Gasteiger partial charge is 0.330 e. The molecule has 0 aromatic heterocycles. The van der Waals surface area contributed by atoms with Gasteiger partial charge in [0, 0.05) is 0 Å². The van der Waals surface area contributed by atoms with Gasteiger partial charge in [0.05, 0.1) is 0 Å². The predicted octanol–water partition coefficient (Wildman–Crippen LogP) is 2.94.